The van der Waals surface area contributed by atoms with Crippen LogP contribution in [0.3, 0.4) is 0 Å². The quantitative estimate of drug-likeness (QED) is 0.787. The van der Waals surface area contributed by atoms with E-state index in [9.17, 15) is 0 Å². The van der Waals surface area contributed by atoms with E-state index in [4.69, 9.17) is 4.74 Å². The van der Waals surface area contributed by atoms with Crippen LogP contribution in [-0.2, 0) is 17.8 Å². The smallest absolute Gasteiger partial charge is 0.0537 e. The van der Waals surface area contributed by atoms with Gasteiger partial charge in [0.15, 0.2) is 0 Å². The third-order valence-electron chi connectivity index (χ3n) is 3.72. The molecule has 2 heterocycles. The molecule has 2 rings (SSSR count). The van der Waals surface area contributed by atoms with Gasteiger partial charge in [0.1, 0.15) is 0 Å². The number of nitrogens with zero attached hydrogens (tertiary/aromatic N) is 2. The highest BCUT2D eigenvalue weighted by atomic mass is 16.5. The molecule has 0 aromatic carbocycles. The van der Waals surface area contributed by atoms with Crippen molar-refractivity contribution in [1.82, 2.24) is 15.1 Å². The molecule has 1 fully saturated rings. The van der Waals surface area contributed by atoms with Crippen LogP contribution in [0.1, 0.15) is 37.4 Å². The van der Waals surface area contributed by atoms with Gasteiger partial charge >= 0.3 is 0 Å². The molecule has 1 aliphatic heterocycles. The maximum Gasteiger partial charge on any atom is 0.0537 e. The summed E-state index contributed by atoms with van der Waals surface area (Å²) in [4.78, 5) is 0. The minimum absolute atomic E-state index is 0.730. The molecule has 0 aliphatic carbocycles. The lowest BCUT2D eigenvalue weighted by molar-refractivity contribution is 0.0599. The highest BCUT2D eigenvalue weighted by molar-refractivity contribution is 5.15. The number of ether oxygens (including phenoxy) is 1. The molecule has 1 N–H and O–H groups in total. The lowest BCUT2D eigenvalue weighted by Crippen LogP contribution is -2.21. The average molecular weight is 251 g/mol. The van der Waals surface area contributed by atoms with Crippen LogP contribution in [0.15, 0.2) is 6.20 Å². The molecule has 1 saturated heterocycles. The zero-order valence-electron chi connectivity index (χ0n) is 11.6. The summed E-state index contributed by atoms with van der Waals surface area (Å²) in [6.45, 7) is 9.25. The third kappa shape index (κ3) is 3.56. The van der Waals surface area contributed by atoms with E-state index in [1.807, 2.05) is 6.20 Å². The van der Waals surface area contributed by atoms with Crippen molar-refractivity contribution in [2.75, 3.05) is 19.8 Å². The summed E-state index contributed by atoms with van der Waals surface area (Å²) in [6.07, 6.45) is 5.53. The zero-order valence-corrected chi connectivity index (χ0v) is 11.6. The Morgan fingerprint density at radius 1 is 1.44 bits per heavy atom. The fourth-order valence-electron chi connectivity index (χ4n) is 2.42. The molecule has 0 spiro atoms. The number of hydrogen-bond donors (Lipinski definition) is 1. The van der Waals surface area contributed by atoms with E-state index in [1.54, 1.807) is 0 Å². The molecular formula is C14H25N3O. The Morgan fingerprint density at radius 3 is 2.94 bits per heavy atom. The van der Waals surface area contributed by atoms with Crippen LogP contribution in [-0.4, -0.2) is 29.5 Å². The predicted molar refractivity (Wildman–Crippen MR) is 72.5 cm³/mol. The number of rotatable bonds is 6. The van der Waals surface area contributed by atoms with Crippen molar-refractivity contribution < 1.29 is 4.74 Å². The van der Waals surface area contributed by atoms with Crippen LogP contribution in [0.2, 0.25) is 0 Å². The largest absolute Gasteiger partial charge is 0.381 e. The molecule has 18 heavy (non-hydrogen) atoms. The Bertz CT molecular complexity index is 356. The second-order valence-corrected chi connectivity index (χ2v) is 5.17. The van der Waals surface area contributed by atoms with Gasteiger partial charge in [-0.05, 0) is 38.6 Å². The molecule has 4 nitrogen and oxygen atoms in total. The molecule has 0 saturated carbocycles. The standard InChI is InChI=1S/C14H25N3O/c1-3-6-15-9-14-10-16-17(12(14)2)11-13-4-7-18-8-5-13/h10,13,15H,3-9,11H2,1-2H3. The number of nitrogens with one attached hydrogen (secondary N) is 1. The first-order valence-electron chi connectivity index (χ1n) is 7.11. The first-order valence-corrected chi connectivity index (χ1v) is 7.11. The van der Waals surface area contributed by atoms with E-state index in [0.717, 1.165) is 38.8 Å². The molecule has 0 unspecified atom stereocenters. The summed E-state index contributed by atoms with van der Waals surface area (Å²) in [5, 5.41) is 7.96. The number of hydrogen-bond acceptors (Lipinski definition) is 3. The summed E-state index contributed by atoms with van der Waals surface area (Å²) in [5.41, 5.74) is 2.64. The molecule has 0 radical (unpaired) electrons. The molecule has 1 aliphatic rings. The summed E-state index contributed by atoms with van der Waals surface area (Å²) in [7, 11) is 0. The Morgan fingerprint density at radius 2 is 2.22 bits per heavy atom. The van der Waals surface area contributed by atoms with Gasteiger partial charge in [-0.3, -0.25) is 4.68 Å². The third-order valence-corrected chi connectivity index (χ3v) is 3.72. The summed E-state index contributed by atoms with van der Waals surface area (Å²) in [5.74, 6) is 0.730. The van der Waals surface area contributed by atoms with Crippen molar-refractivity contribution in [3.05, 3.63) is 17.5 Å². The van der Waals surface area contributed by atoms with Gasteiger partial charge < -0.3 is 10.1 Å². The maximum absolute atomic E-state index is 5.40. The normalized spacial score (nSPS) is 17.2. The van der Waals surface area contributed by atoms with Gasteiger partial charge in [-0.1, -0.05) is 6.92 Å². The molecule has 1 aromatic rings. The Balaban J connectivity index is 1.88. The van der Waals surface area contributed by atoms with Gasteiger partial charge in [0.05, 0.1) is 6.20 Å². The minimum Gasteiger partial charge on any atom is -0.381 e. The van der Waals surface area contributed by atoms with Crippen molar-refractivity contribution in [1.29, 1.82) is 0 Å². The van der Waals surface area contributed by atoms with Crippen molar-refractivity contribution in [2.24, 2.45) is 5.92 Å². The fourth-order valence-corrected chi connectivity index (χ4v) is 2.42. The van der Waals surface area contributed by atoms with Gasteiger partial charge in [0.25, 0.3) is 0 Å². The summed E-state index contributed by atoms with van der Waals surface area (Å²) < 4.78 is 7.56. The zero-order chi connectivity index (χ0) is 12.8. The summed E-state index contributed by atoms with van der Waals surface area (Å²) >= 11 is 0. The Hall–Kier alpha value is -0.870. The second-order valence-electron chi connectivity index (χ2n) is 5.17. The van der Waals surface area contributed by atoms with Crippen LogP contribution < -0.4 is 5.32 Å². The van der Waals surface area contributed by atoms with Crippen LogP contribution in [0.4, 0.5) is 0 Å². The van der Waals surface area contributed by atoms with Crippen LogP contribution in [0.5, 0.6) is 0 Å². The highest BCUT2D eigenvalue weighted by Crippen LogP contribution is 2.18. The molecule has 102 valence electrons. The minimum atomic E-state index is 0.730. The van der Waals surface area contributed by atoms with Gasteiger partial charge in [0, 0.05) is 37.6 Å². The van der Waals surface area contributed by atoms with Gasteiger partial charge in [-0.15, -0.1) is 0 Å². The first-order chi connectivity index (χ1) is 8.81. The molecule has 1 aromatic heterocycles. The molecule has 0 amide bonds. The predicted octanol–water partition coefficient (Wildman–Crippen LogP) is 2.12. The van der Waals surface area contributed by atoms with Gasteiger partial charge in [0.2, 0.25) is 0 Å². The monoisotopic (exact) mass is 251 g/mol. The van der Waals surface area contributed by atoms with Crippen molar-refractivity contribution in [3.8, 4) is 0 Å². The second kappa shape index (κ2) is 6.90. The maximum atomic E-state index is 5.40. The van der Waals surface area contributed by atoms with E-state index in [1.165, 1.54) is 30.5 Å². The van der Waals surface area contributed by atoms with E-state index >= 15 is 0 Å². The summed E-state index contributed by atoms with van der Waals surface area (Å²) in [6, 6.07) is 0. The Labute approximate surface area is 110 Å². The highest BCUT2D eigenvalue weighted by Gasteiger charge is 2.16. The Kier molecular flexibility index (Phi) is 5.20. The lowest BCUT2D eigenvalue weighted by Gasteiger charge is -2.22. The van der Waals surface area contributed by atoms with Crippen LogP contribution >= 0.6 is 0 Å². The first kappa shape index (κ1) is 13.6. The van der Waals surface area contributed by atoms with E-state index < -0.39 is 0 Å². The SMILES string of the molecule is CCCNCc1cnn(CC2CCOCC2)c1C. The molecule has 4 heteroatoms. The van der Waals surface area contributed by atoms with Crippen molar-refractivity contribution in [3.63, 3.8) is 0 Å². The van der Waals surface area contributed by atoms with E-state index in [2.05, 4.69) is 28.9 Å². The van der Waals surface area contributed by atoms with Crippen molar-refractivity contribution in [2.45, 2.75) is 46.2 Å². The van der Waals surface area contributed by atoms with E-state index in [-0.39, 0.29) is 0 Å². The average Bonchev–Trinajstić information content (AvgIpc) is 2.73. The van der Waals surface area contributed by atoms with Crippen LogP contribution in [0, 0.1) is 12.8 Å². The molecule has 0 atom stereocenters. The lowest BCUT2D eigenvalue weighted by atomic mass is 10.0. The fraction of sp³-hybridized carbons (Fsp3) is 0.786. The molecule has 0 bridgehead atoms. The molecular weight excluding hydrogens is 226 g/mol. The van der Waals surface area contributed by atoms with Crippen molar-refractivity contribution >= 4 is 0 Å². The van der Waals surface area contributed by atoms with Crippen LogP contribution in [0.25, 0.3) is 0 Å². The topological polar surface area (TPSA) is 39.1 Å². The van der Waals surface area contributed by atoms with Gasteiger partial charge in [-0.25, -0.2) is 0 Å². The van der Waals surface area contributed by atoms with Gasteiger partial charge in [-0.2, -0.15) is 5.10 Å². The number of aromatic nitrogens is 2. The van der Waals surface area contributed by atoms with E-state index in [0.29, 0.717) is 0 Å².